The molecule has 1 saturated heterocycles. The van der Waals surface area contributed by atoms with E-state index in [0.717, 1.165) is 12.8 Å². The van der Waals surface area contributed by atoms with Crippen LogP contribution in [0.25, 0.3) is 0 Å². The van der Waals surface area contributed by atoms with Crippen molar-refractivity contribution in [1.29, 1.82) is 0 Å². The molecule has 0 radical (unpaired) electrons. The summed E-state index contributed by atoms with van der Waals surface area (Å²) in [5.41, 5.74) is 0. The van der Waals surface area contributed by atoms with Gasteiger partial charge in [-0.25, -0.2) is 8.78 Å². The van der Waals surface area contributed by atoms with Crippen molar-refractivity contribution >= 4 is 0 Å². The van der Waals surface area contributed by atoms with Gasteiger partial charge in [-0.1, -0.05) is 24.4 Å². The summed E-state index contributed by atoms with van der Waals surface area (Å²) in [6.45, 7) is -0.307. The van der Waals surface area contributed by atoms with Gasteiger partial charge in [0.1, 0.15) is 0 Å². The van der Waals surface area contributed by atoms with Crippen LogP contribution >= 0.6 is 0 Å². The summed E-state index contributed by atoms with van der Waals surface area (Å²) in [6.07, 6.45) is 5.54. The minimum atomic E-state index is -2.66. The molecule has 1 unspecified atom stereocenters. The van der Waals surface area contributed by atoms with Crippen molar-refractivity contribution in [1.82, 2.24) is 15.5 Å². The highest BCUT2D eigenvalue weighted by atomic mass is 19.3. The van der Waals surface area contributed by atoms with Crippen LogP contribution in [0.2, 0.25) is 0 Å². The second-order valence-corrected chi connectivity index (χ2v) is 5.32. The van der Waals surface area contributed by atoms with Crippen LogP contribution in [0.15, 0.2) is 4.52 Å². The normalized spacial score (nSPS) is 28.7. The minimum absolute atomic E-state index is 0.251. The molecule has 6 heteroatoms. The SMILES string of the molecule is FC1(F)CNC(c2nc(C3CCCCC3)no2)C1. The fourth-order valence-electron chi connectivity index (χ4n) is 2.81. The first kappa shape index (κ1) is 12.0. The van der Waals surface area contributed by atoms with Crippen molar-refractivity contribution in [3.63, 3.8) is 0 Å². The minimum Gasteiger partial charge on any atom is -0.338 e. The van der Waals surface area contributed by atoms with Crippen molar-refractivity contribution < 1.29 is 13.3 Å². The molecule has 1 N–H and O–H groups in total. The van der Waals surface area contributed by atoms with Gasteiger partial charge in [-0.2, -0.15) is 4.98 Å². The van der Waals surface area contributed by atoms with Crippen molar-refractivity contribution in [2.75, 3.05) is 6.54 Å². The second kappa shape index (κ2) is 4.57. The van der Waals surface area contributed by atoms with Gasteiger partial charge in [-0.05, 0) is 12.8 Å². The molecule has 2 fully saturated rings. The fraction of sp³-hybridized carbons (Fsp3) is 0.833. The maximum atomic E-state index is 13.1. The van der Waals surface area contributed by atoms with Gasteiger partial charge in [0.15, 0.2) is 5.82 Å². The second-order valence-electron chi connectivity index (χ2n) is 5.32. The maximum absolute atomic E-state index is 13.1. The van der Waals surface area contributed by atoms with E-state index < -0.39 is 12.0 Å². The molecule has 100 valence electrons. The van der Waals surface area contributed by atoms with Gasteiger partial charge in [-0.3, -0.25) is 5.32 Å². The van der Waals surface area contributed by atoms with Crippen molar-refractivity contribution in [3.05, 3.63) is 11.7 Å². The molecule has 4 nitrogen and oxygen atoms in total. The summed E-state index contributed by atoms with van der Waals surface area (Å²) in [5, 5.41) is 6.69. The number of halogens is 2. The highest BCUT2D eigenvalue weighted by molar-refractivity contribution is 5.03. The number of hydrogen-bond acceptors (Lipinski definition) is 4. The summed E-state index contributed by atoms with van der Waals surface area (Å²) >= 11 is 0. The van der Waals surface area contributed by atoms with E-state index in [0.29, 0.717) is 17.6 Å². The fourth-order valence-corrected chi connectivity index (χ4v) is 2.81. The Bertz CT molecular complexity index is 415. The first-order chi connectivity index (χ1) is 8.64. The number of rotatable bonds is 2. The maximum Gasteiger partial charge on any atom is 0.262 e. The summed E-state index contributed by atoms with van der Waals surface area (Å²) in [6, 6.07) is -0.496. The van der Waals surface area contributed by atoms with E-state index in [9.17, 15) is 8.78 Å². The van der Waals surface area contributed by atoms with Gasteiger partial charge >= 0.3 is 0 Å². The summed E-state index contributed by atoms with van der Waals surface area (Å²) in [4.78, 5) is 4.31. The highest BCUT2D eigenvalue weighted by Crippen LogP contribution is 2.35. The zero-order valence-electron chi connectivity index (χ0n) is 10.2. The van der Waals surface area contributed by atoms with E-state index in [-0.39, 0.29) is 13.0 Å². The van der Waals surface area contributed by atoms with Crippen LogP contribution in [0.5, 0.6) is 0 Å². The van der Waals surface area contributed by atoms with E-state index in [1.54, 1.807) is 0 Å². The largest absolute Gasteiger partial charge is 0.338 e. The van der Waals surface area contributed by atoms with E-state index in [4.69, 9.17) is 4.52 Å². The lowest BCUT2D eigenvalue weighted by molar-refractivity contribution is 0.0200. The Balaban J connectivity index is 1.69. The van der Waals surface area contributed by atoms with Gasteiger partial charge in [0, 0.05) is 12.3 Å². The molecule has 0 spiro atoms. The average Bonchev–Trinajstić information content (AvgIpc) is 2.96. The lowest BCUT2D eigenvalue weighted by Crippen LogP contribution is -2.19. The van der Waals surface area contributed by atoms with Gasteiger partial charge in [-0.15, -0.1) is 0 Å². The highest BCUT2D eigenvalue weighted by Gasteiger charge is 2.42. The van der Waals surface area contributed by atoms with Crippen LogP contribution in [-0.2, 0) is 0 Å². The third-order valence-electron chi connectivity index (χ3n) is 3.84. The van der Waals surface area contributed by atoms with E-state index in [1.807, 2.05) is 0 Å². The van der Waals surface area contributed by atoms with Crippen LogP contribution in [0.3, 0.4) is 0 Å². The monoisotopic (exact) mass is 257 g/mol. The van der Waals surface area contributed by atoms with Gasteiger partial charge in [0.2, 0.25) is 5.89 Å². The molecule has 0 aromatic carbocycles. The molecule has 1 aliphatic heterocycles. The molecule has 1 aliphatic carbocycles. The molecule has 2 aliphatic rings. The quantitative estimate of drug-likeness (QED) is 0.885. The van der Waals surface area contributed by atoms with Crippen LogP contribution in [-0.4, -0.2) is 22.6 Å². The van der Waals surface area contributed by atoms with Crippen LogP contribution in [0, 0.1) is 0 Å². The Morgan fingerprint density at radius 1 is 1.22 bits per heavy atom. The lowest BCUT2D eigenvalue weighted by Gasteiger charge is -2.17. The molecule has 1 aromatic rings. The molecular formula is C12H17F2N3O. The third-order valence-corrected chi connectivity index (χ3v) is 3.84. The Morgan fingerprint density at radius 2 is 2.00 bits per heavy atom. The van der Waals surface area contributed by atoms with E-state index in [2.05, 4.69) is 15.5 Å². The molecule has 2 heterocycles. The predicted octanol–water partition coefficient (Wildman–Crippen LogP) is 2.79. The van der Waals surface area contributed by atoms with Crippen molar-refractivity contribution in [3.8, 4) is 0 Å². The van der Waals surface area contributed by atoms with E-state index >= 15 is 0 Å². The number of alkyl halides is 2. The molecule has 3 rings (SSSR count). The number of hydrogen-bond donors (Lipinski definition) is 1. The van der Waals surface area contributed by atoms with Gasteiger partial charge < -0.3 is 4.52 Å². The topological polar surface area (TPSA) is 51.0 Å². The van der Waals surface area contributed by atoms with Gasteiger partial charge in [0.25, 0.3) is 5.92 Å². The third kappa shape index (κ3) is 2.39. The molecule has 1 aromatic heterocycles. The number of aromatic nitrogens is 2. The molecular weight excluding hydrogens is 240 g/mol. The van der Waals surface area contributed by atoms with Crippen LogP contribution in [0.1, 0.15) is 62.2 Å². The smallest absolute Gasteiger partial charge is 0.262 e. The molecule has 0 amide bonds. The number of nitrogens with one attached hydrogen (secondary N) is 1. The Morgan fingerprint density at radius 3 is 2.67 bits per heavy atom. The predicted molar refractivity (Wildman–Crippen MR) is 60.4 cm³/mol. The Kier molecular flexibility index (Phi) is 3.05. The number of nitrogens with zero attached hydrogens (tertiary/aromatic N) is 2. The molecule has 18 heavy (non-hydrogen) atoms. The van der Waals surface area contributed by atoms with Crippen LogP contribution < -0.4 is 5.32 Å². The van der Waals surface area contributed by atoms with Crippen molar-refractivity contribution in [2.45, 2.75) is 56.4 Å². The van der Waals surface area contributed by atoms with Crippen LogP contribution in [0.4, 0.5) is 8.78 Å². The first-order valence-electron chi connectivity index (χ1n) is 6.59. The zero-order valence-corrected chi connectivity index (χ0v) is 10.2. The Labute approximate surface area is 104 Å². The summed E-state index contributed by atoms with van der Waals surface area (Å²) in [7, 11) is 0. The standard InChI is InChI=1S/C12H17F2N3O/c13-12(14)6-9(15-7-12)11-16-10(17-18-11)8-4-2-1-3-5-8/h8-9,15H,1-7H2. The summed E-state index contributed by atoms with van der Waals surface area (Å²) in [5.74, 6) is -1.31. The Hall–Kier alpha value is -1.04. The van der Waals surface area contributed by atoms with Gasteiger partial charge in [0.05, 0.1) is 12.6 Å². The van der Waals surface area contributed by atoms with Crippen molar-refractivity contribution in [2.24, 2.45) is 0 Å². The van der Waals surface area contributed by atoms with E-state index in [1.165, 1.54) is 19.3 Å². The lowest BCUT2D eigenvalue weighted by atomic mass is 9.89. The molecule has 0 bridgehead atoms. The average molecular weight is 257 g/mol. The summed E-state index contributed by atoms with van der Waals surface area (Å²) < 4.78 is 31.3. The molecule has 1 saturated carbocycles. The molecule has 1 atom stereocenters. The first-order valence-corrected chi connectivity index (χ1v) is 6.59. The zero-order chi connectivity index (χ0) is 12.6.